The molecule has 28 heavy (non-hydrogen) atoms. The van der Waals surface area contributed by atoms with Crippen LogP contribution in [0.2, 0.25) is 0 Å². The van der Waals surface area contributed by atoms with E-state index in [9.17, 15) is 4.79 Å². The molecule has 1 aromatic heterocycles. The van der Waals surface area contributed by atoms with E-state index in [1.165, 1.54) is 38.8 Å². The van der Waals surface area contributed by atoms with Gasteiger partial charge in [0.15, 0.2) is 0 Å². The Morgan fingerprint density at radius 2 is 1.86 bits per heavy atom. The molecule has 1 aliphatic heterocycles. The summed E-state index contributed by atoms with van der Waals surface area (Å²) in [5.74, 6) is 1.39. The first-order chi connectivity index (χ1) is 13.7. The van der Waals surface area contributed by atoms with E-state index >= 15 is 0 Å². The molecule has 1 amide bonds. The van der Waals surface area contributed by atoms with E-state index in [1.807, 2.05) is 36.4 Å². The maximum atomic E-state index is 12.8. The smallest absolute Gasteiger partial charge is 0.270 e. The van der Waals surface area contributed by atoms with Gasteiger partial charge >= 0.3 is 0 Å². The molecule has 2 fully saturated rings. The number of para-hydroxylation sites is 1. The van der Waals surface area contributed by atoms with Gasteiger partial charge in [0, 0.05) is 12.5 Å². The van der Waals surface area contributed by atoms with Crippen molar-refractivity contribution in [2.75, 3.05) is 26.2 Å². The quantitative estimate of drug-likeness (QED) is 0.705. The zero-order chi connectivity index (χ0) is 19.3. The van der Waals surface area contributed by atoms with Gasteiger partial charge in [-0.2, -0.15) is 5.10 Å². The van der Waals surface area contributed by atoms with E-state index < -0.39 is 0 Å². The monoisotopic (exact) mass is 380 g/mol. The van der Waals surface area contributed by atoms with Gasteiger partial charge in [-0.25, -0.2) is 4.68 Å². The van der Waals surface area contributed by atoms with Gasteiger partial charge < -0.3 is 10.2 Å². The SMILES string of the molecule is CC1CCN(CCCCNC(=O)c2cc(C3CC3)nn2-c2ccccc2)CC1. The highest BCUT2D eigenvalue weighted by Gasteiger charge is 2.29. The Balaban J connectivity index is 1.29. The summed E-state index contributed by atoms with van der Waals surface area (Å²) in [6.45, 7) is 6.68. The predicted molar refractivity (Wildman–Crippen MR) is 112 cm³/mol. The second-order valence-electron chi connectivity index (χ2n) is 8.46. The van der Waals surface area contributed by atoms with Crippen molar-refractivity contribution < 1.29 is 4.79 Å². The maximum Gasteiger partial charge on any atom is 0.270 e. The highest BCUT2D eigenvalue weighted by molar-refractivity contribution is 5.93. The van der Waals surface area contributed by atoms with Gasteiger partial charge in [0.25, 0.3) is 5.91 Å². The molecule has 2 heterocycles. The number of unbranched alkanes of at least 4 members (excludes halogenated alkanes) is 1. The molecule has 0 atom stereocenters. The third kappa shape index (κ3) is 4.82. The maximum absolute atomic E-state index is 12.8. The molecule has 4 rings (SSSR count). The topological polar surface area (TPSA) is 50.2 Å². The summed E-state index contributed by atoms with van der Waals surface area (Å²) < 4.78 is 1.80. The highest BCUT2D eigenvalue weighted by Crippen LogP contribution is 2.39. The Kier molecular flexibility index (Phi) is 6.10. The van der Waals surface area contributed by atoms with E-state index in [1.54, 1.807) is 4.68 Å². The summed E-state index contributed by atoms with van der Waals surface area (Å²) in [6.07, 6.45) is 7.17. The number of likely N-dealkylation sites (tertiary alicyclic amines) is 1. The van der Waals surface area contributed by atoms with Crippen molar-refractivity contribution in [3.8, 4) is 5.69 Å². The Labute approximate surface area is 168 Å². The molecule has 150 valence electrons. The van der Waals surface area contributed by atoms with Crippen molar-refractivity contribution in [3.05, 3.63) is 47.8 Å². The standard InChI is InChI=1S/C23H32N4O/c1-18-11-15-26(16-12-18)14-6-5-13-24-23(28)22-17-21(19-9-10-19)25-27(22)20-7-3-2-4-8-20/h2-4,7-8,17-19H,5-6,9-16H2,1H3,(H,24,28). The van der Waals surface area contributed by atoms with E-state index in [0.717, 1.165) is 43.2 Å². The largest absolute Gasteiger partial charge is 0.351 e. The molecule has 5 nitrogen and oxygen atoms in total. The Morgan fingerprint density at radius 1 is 1.11 bits per heavy atom. The molecule has 0 bridgehead atoms. The number of amides is 1. The van der Waals surface area contributed by atoms with E-state index in [2.05, 4.69) is 17.1 Å². The van der Waals surface area contributed by atoms with Crippen LogP contribution in [0.1, 0.15) is 67.5 Å². The van der Waals surface area contributed by atoms with Gasteiger partial charge in [-0.3, -0.25) is 4.79 Å². The second-order valence-corrected chi connectivity index (χ2v) is 8.46. The molecule has 5 heteroatoms. The number of hydrogen-bond acceptors (Lipinski definition) is 3. The fourth-order valence-electron chi connectivity index (χ4n) is 3.94. The van der Waals surface area contributed by atoms with Crippen LogP contribution in [0.5, 0.6) is 0 Å². The van der Waals surface area contributed by atoms with E-state index in [-0.39, 0.29) is 5.91 Å². The number of piperidine rings is 1. The molecule has 1 saturated heterocycles. The molecule has 0 radical (unpaired) electrons. The number of aromatic nitrogens is 2. The summed E-state index contributed by atoms with van der Waals surface area (Å²) in [6, 6.07) is 11.9. The number of carbonyl (C=O) groups is 1. The molecule has 1 aliphatic carbocycles. The Morgan fingerprint density at radius 3 is 2.57 bits per heavy atom. The summed E-state index contributed by atoms with van der Waals surface area (Å²) in [4.78, 5) is 15.4. The average molecular weight is 381 g/mol. The molecule has 0 spiro atoms. The van der Waals surface area contributed by atoms with Gasteiger partial charge in [-0.05, 0) is 82.3 Å². The lowest BCUT2D eigenvalue weighted by Crippen LogP contribution is -2.34. The fraction of sp³-hybridized carbons (Fsp3) is 0.565. The Hall–Kier alpha value is -2.14. The second kappa shape index (κ2) is 8.91. The first-order valence-electron chi connectivity index (χ1n) is 10.9. The van der Waals surface area contributed by atoms with Gasteiger partial charge in [0.2, 0.25) is 0 Å². The number of benzene rings is 1. The number of nitrogens with one attached hydrogen (secondary N) is 1. The van der Waals surface area contributed by atoms with Crippen molar-refractivity contribution in [2.45, 2.75) is 51.4 Å². The van der Waals surface area contributed by atoms with Crippen molar-refractivity contribution in [2.24, 2.45) is 5.92 Å². The fourth-order valence-corrected chi connectivity index (χ4v) is 3.94. The number of carbonyl (C=O) groups excluding carboxylic acids is 1. The molecule has 1 saturated carbocycles. The third-order valence-electron chi connectivity index (χ3n) is 6.02. The number of hydrogen-bond donors (Lipinski definition) is 1. The van der Waals surface area contributed by atoms with Crippen molar-refractivity contribution in [1.29, 1.82) is 0 Å². The van der Waals surface area contributed by atoms with Gasteiger partial charge in [0.1, 0.15) is 5.69 Å². The van der Waals surface area contributed by atoms with Crippen molar-refractivity contribution >= 4 is 5.91 Å². The van der Waals surface area contributed by atoms with Gasteiger partial charge in [0.05, 0.1) is 11.4 Å². The summed E-state index contributed by atoms with van der Waals surface area (Å²) in [5, 5.41) is 7.83. The molecular formula is C23H32N4O. The minimum absolute atomic E-state index is 0.0185. The molecule has 2 aliphatic rings. The van der Waals surface area contributed by atoms with Crippen LogP contribution < -0.4 is 5.32 Å². The first kappa shape index (κ1) is 19.2. The van der Waals surface area contributed by atoms with Crippen LogP contribution in [0.4, 0.5) is 0 Å². The predicted octanol–water partition coefficient (Wildman–Crippen LogP) is 3.99. The van der Waals surface area contributed by atoms with Crippen LogP contribution in [-0.2, 0) is 0 Å². The van der Waals surface area contributed by atoms with Crippen LogP contribution in [0.25, 0.3) is 5.69 Å². The highest BCUT2D eigenvalue weighted by atomic mass is 16.2. The third-order valence-corrected chi connectivity index (χ3v) is 6.02. The molecule has 1 N–H and O–H groups in total. The molecule has 1 aromatic carbocycles. The first-order valence-corrected chi connectivity index (χ1v) is 10.9. The van der Waals surface area contributed by atoms with Crippen molar-refractivity contribution in [3.63, 3.8) is 0 Å². The normalized spacial score (nSPS) is 18.3. The zero-order valence-corrected chi connectivity index (χ0v) is 16.9. The lowest BCUT2D eigenvalue weighted by atomic mass is 9.99. The van der Waals surface area contributed by atoms with Crippen LogP contribution in [0.15, 0.2) is 36.4 Å². The minimum Gasteiger partial charge on any atom is -0.351 e. The summed E-state index contributed by atoms with van der Waals surface area (Å²) >= 11 is 0. The van der Waals surface area contributed by atoms with Crippen molar-refractivity contribution in [1.82, 2.24) is 20.0 Å². The van der Waals surface area contributed by atoms with Crippen LogP contribution in [0.3, 0.4) is 0 Å². The minimum atomic E-state index is -0.0185. The van der Waals surface area contributed by atoms with Crippen LogP contribution in [0, 0.1) is 5.92 Å². The number of nitrogens with zero attached hydrogens (tertiary/aromatic N) is 3. The number of rotatable bonds is 8. The van der Waals surface area contributed by atoms with Crippen LogP contribution >= 0.6 is 0 Å². The molecule has 2 aromatic rings. The molecule has 0 unspecified atom stereocenters. The molecular weight excluding hydrogens is 348 g/mol. The Bertz CT molecular complexity index is 773. The van der Waals surface area contributed by atoms with E-state index in [0.29, 0.717) is 11.6 Å². The zero-order valence-electron chi connectivity index (χ0n) is 16.9. The van der Waals surface area contributed by atoms with Gasteiger partial charge in [-0.1, -0.05) is 25.1 Å². The lowest BCUT2D eigenvalue weighted by molar-refractivity contribution is 0.0944. The lowest BCUT2D eigenvalue weighted by Gasteiger charge is -2.30. The average Bonchev–Trinajstić information content (AvgIpc) is 3.48. The summed E-state index contributed by atoms with van der Waals surface area (Å²) in [7, 11) is 0. The van der Waals surface area contributed by atoms with Crippen LogP contribution in [-0.4, -0.2) is 46.8 Å². The van der Waals surface area contributed by atoms with E-state index in [4.69, 9.17) is 5.10 Å². The summed E-state index contributed by atoms with van der Waals surface area (Å²) in [5.41, 5.74) is 2.64. The van der Waals surface area contributed by atoms with Gasteiger partial charge in [-0.15, -0.1) is 0 Å².